The molecule has 0 bridgehead atoms. The first kappa shape index (κ1) is 15.4. The topological polar surface area (TPSA) is 58.4 Å². The van der Waals surface area contributed by atoms with Crippen molar-refractivity contribution in [1.82, 2.24) is 10.2 Å². The number of nitrogens with zero attached hydrogens (tertiary/aromatic N) is 1. The van der Waals surface area contributed by atoms with Gasteiger partial charge in [-0.25, -0.2) is 0 Å². The third kappa shape index (κ3) is 3.95. The summed E-state index contributed by atoms with van der Waals surface area (Å²) in [4.78, 5) is 14.1. The first-order chi connectivity index (χ1) is 8.24. The molecule has 3 unspecified atom stereocenters. The molecular weight excluding hydrogens is 226 g/mol. The molecule has 0 aromatic heterocycles. The molecule has 1 heterocycles. The van der Waals surface area contributed by atoms with E-state index in [2.05, 4.69) is 24.1 Å². The lowest BCUT2D eigenvalue weighted by molar-refractivity contribution is -0.125. The van der Waals surface area contributed by atoms with Gasteiger partial charge in [0.15, 0.2) is 0 Å². The van der Waals surface area contributed by atoms with Crippen LogP contribution in [0.4, 0.5) is 0 Å². The molecule has 0 aliphatic carbocycles. The maximum absolute atomic E-state index is 11.8. The molecule has 0 radical (unpaired) electrons. The first-order valence-corrected chi connectivity index (χ1v) is 7.06. The van der Waals surface area contributed by atoms with E-state index in [0.29, 0.717) is 18.5 Å². The van der Waals surface area contributed by atoms with Crippen molar-refractivity contribution >= 4 is 5.91 Å². The summed E-state index contributed by atoms with van der Waals surface area (Å²) in [5, 5.41) is 3.32. The Morgan fingerprint density at radius 1 is 1.44 bits per heavy atom. The molecule has 0 aromatic rings. The highest BCUT2D eigenvalue weighted by molar-refractivity contribution is 5.84. The van der Waals surface area contributed by atoms with Gasteiger partial charge in [0, 0.05) is 25.2 Å². The smallest absolute Gasteiger partial charge is 0.238 e. The van der Waals surface area contributed by atoms with Crippen molar-refractivity contribution in [2.45, 2.75) is 65.1 Å². The van der Waals surface area contributed by atoms with Gasteiger partial charge >= 0.3 is 0 Å². The SMILES string of the molecule is CC1CCC(C)N(CC(C)(NC(C)C)C(N)=O)C1. The first-order valence-electron chi connectivity index (χ1n) is 7.06. The van der Waals surface area contributed by atoms with E-state index >= 15 is 0 Å². The molecule has 106 valence electrons. The maximum Gasteiger partial charge on any atom is 0.238 e. The number of carbonyl (C=O) groups is 1. The molecule has 3 N–H and O–H groups in total. The molecule has 1 rings (SSSR count). The van der Waals surface area contributed by atoms with Crippen molar-refractivity contribution in [2.75, 3.05) is 13.1 Å². The second-order valence-corrected chi connectivity index (χ2v) is 6.46. The van der Waals surface area contributed by atoms with Gasteiger partial charge in [-0.3, -0.25) is 9.69 Å². The zero-order valence-corrected chi connectivity index (χ0v) is 12.5. The summed E-state index contributed by atoms with van der Waals surface area (Å²) < 4.78 is 0. The normalized spacial score (nSPS) is 29.2. The fourth-order valence-electron chi connectivity index (χ4n) is 2.84. The Hall–Kier alpha value is -0.610. The lowest BCUT2D eigenvalue weighted by Gasteiger charge is -2.42. The summed E-state index contributed by atoms with van der Waals surface area (Å²) in [7, 11) is 0. The molecule has 1 aliphatic heterocycles. The number of nitrogens with two attached hydrogens (primary N) is 1. The molecule has 4 nitrogen and oxygen atoms in total. The van der Waals surface area contributed by atoms with E-state index in [1.54, 1.807) is 0 Å². The molecule has 0 saturated carbocycles. The molecular formula is C14H29N3O. The van der Waals surface area contributed by atoms with Gasteiger partial charge in [-0.05, 0) is 46.5 Å². The van der Waals surface area contributed by atoms with Crippen molar-refractivity contribution in [3.8, 4) is 0 Å². The summed E-state index contributed by atoms with van der Waals surface area (Å²) in [6.07, 6.45) is 2.49. The molecule has 1 saturated heterocycles. The number of amides is 1. The highest BCUT2D eigenvalue weighted by Crippen LogP contribution is 2.23. The van der Waals surface area contributed by atoms with Crippen molar-refractivity contribution in [1.29, 1.82) is 0 Å². The van der Waals surface area contributed by atoms with Gasteiger partial charge in [0.25, 0.3) is 0 Å². The lowest BCUT2D eigenvalue weighted by Crippen LogP contribution is -2.63. The van der Waals surface area contributed by atoms with E-state index in [0.717, 1.165) is 6.54 Å². The number of hydrogen-bond donors (Lipinski definition) is 2. The van der Waals surface area contributed by atoms with E-state index in [1.165, 1.54) is 12.8 Å². The van der Waals surface area contributed by atoms with Crippen LogP contribution in [-0.2, 0) is 4.79 Å². The molecule has 1 aliphatic rings. The minimum absolute atomic E-state index is 0.250. The van der Waals surface area contributed by atoms with Crippen molar-refractivity contribution in [2.24, 2.45) is 11.7 Å². The maximum atomic E-state index is 11.8. The number of likely N-dealkylation sites (tertiary alicyclic amines) is 1. The number of hydrogen-bond acceptors (Lipinski definition) is 3. The lowest BCUT2D eigenvalue weighted by atomic mass is 9.91. The monoisotopic (exact) mass is 255 g/mol. The van der Waals surface area contributed by atoms with E-state index in [4.69, 9.17) is 5.73 Å². The Labute approximate surface area is 111 Å². The van der Waals surface area contributed by atoms with Crippen LogP contribution in [0.5, 0.6) is 0 Å². The van der Waals surface area contributed by atoms with Gasteiger partial charge in [0.05, 0.1) is 0 Å². The van der Waals surface area contributed by atoms with Crippen LogP contribution in [0.15, 0.2) is 0 Å². The quantitative estimate of drug-likeness (QED) is 0.779. The zero-order valence-electron chi connectivity index (χ0n) is 12.5. The molecule has 3 atom stereocenters. The third-order valence-corrected chi connectivity index (χ3v) is 3.92. The minimum Gasteiger partial charge on any atom is -0.368 e. The van der Waals surface area contributed by atoms with Crippen molar-refractivity contribution in [3.63, 3.8) is 0 Å². The number of nitrogens with one attached hydrogen (secondary N) is 1. The van der Waals surface area contributed by atoms with Crippen LogP contribution in [-0.4, -0.2) is 41.5 Å². The van der Waals surface area contributed by atoms with Crippen LogP contribution in [0, 0.1) is 5.92 Å². The highest BCUT2D eigenvalue weighted by atomic mass is 16.1. The molecule has 18 heavy (non-hydrogen) atoms. The van der Waals surface area contributed by atoms with Crippen LogP contribution in [0.25, 0.3) is 0 Å². The van der Waals surface area contributed by atoms with Crippen molar-refractivity contribution < 1.29 is 4.79 Å². The Balaban J connectivity index is 2.73. The third-order valence-electron chi connectivity index (χ3n) is 3.92. The van der Waals surface area contributed by atoms with Crippen LogP contribution in [0.3, 0.4) is 0 Å². The van der Waals surface area contributed by atoms with Gasteiger partial charge < -0.3 is 11.1 Å². The fraction of sp³-hybridized carbons (Fsp3) is 0.929. The Morgan fingerprint density at radius 3 is 2.56 bits per heavy atom. The van der Waals surface area contributed by atoms with Gasteiger partial charge in [0.2, 0.25) is 5.91 Å². The summed E-state index contributed by atoms with van der Waals surface area (Å²) in [6.45, 7) is 12.3. The summed E-state index contributed by atoms with van der Waals surface area (Å²) in [5.41, 5.74) is 4.95. The molecule has 4 heteroatoms. The predicted molar refractivity (Wildman–Crippen MR) is 75.3 cm³/mol. The second kappa shape index (κ2) is 6.02. The Morgan fingerprint density at radius 2 is 2.06 bits per heavy atom. The number of piperidine rings is 1. The second-order valence-electron chi connectivity index (χ2n) is 6.46. The van der Waals surface area contributed by atoms with E-state index in [-0.39, 0.29) is 11.9 Å². The van der Waals surface area contributed by atoms with Crippen LogP contribution in [0.1, 0.15) is 47.5 Å². The fourth-order valence-corrected chi connectivity index (χ4v) is 2.84. The summed E-state index contributed by atoms with van der Waals surface area (Å²) in [5.74, 6) is 0.444. The van der Waals surface area contributed by atoms with Crippen LogP contribution >= 0.6 is 0 Å². The van der Waals surface area contributed by atoms with Crippen molar-refractivity contribution in [3.05, 3.63) is 0 Å². The van der Waals surface area contributed by atoms with Gasteiger partial charge in [-0.15, -0.1) is 0 Å². The van der Waals surface area contributed by atoms with Gasteiger partial charge in [-0.1, -0.05) is 6.92 Å². The average molecular weight is 255 g/mol. The van der Waals surface area contributed by atoms with Crippen LogP contribution in [0.2, 0.25) is 0 Å². The van der Waals surface area contributed by atoms with E-state index in [9.17, 15) is 4.79 Å². The van der Waals surface area contributed by atoms with Crippen LogP contribution < -0.4 is 11.1 Å². The van der Waals surface area contributed by atoms with E-state index in [1.807, 2.05) is 20.8 Å². The predicted octanol–water partition coefficient (Wildman–Crippen LogP) is 1.35. The highest BCUT2D eigenvalue weighted by Gasteiger charge is 2.36. The average Bonchev–Trinajstić information content (AvgIpc) is 2.22. The minimum atomic E-state index is -0.639. The summed E-state index contributed by atoms with van der Waals surface area (Å²) >= 11 is 0. The van der Waals surface area contributed by atoms with Gasteiger partial charge in [-0.2, -0.15) is 0 Å². The standard InChI is InChI=1S/C14H29N3O/c1-10(2)16-14(5,13(15)18)9-17-8-11(3)6-7-12(17)4/h10-12,16H,6-9H2,1-5H3,(H2,15,18). The number of carbonyl (C=O) groups excluding carboxylic acids is 1. The Bertz CT molecular complexity index is 293. The molecule has 1 amide bonds. The number of primary amides is 1. The van der Waals surface area contributed by atoms with E-state index < -0.39 is 5.54 Å². The zero-order chi connectivity index (χ0) is 13.9. The molecule has 0 spiro atoms. The largest absolute Gasteiger partial charge is 0.368 e. The number of rotatable bonds is 5. The summed E-state index contributed by atoms with van der Waals surface area (Å²) in [6, 6.07) is 0.786. The molecule has 0 aromatic carbocycles. The molecule has 1 fully saturated rings. The Kier molecular flexibility index (Phi) is 5.17. The van der Waals surface area contributed by atoms with Gasteiger partial charge in [0.1, 0.15) is 5.54 Å².